The molecule has 0 N–H and O–H groups in total. The minimum Gasteiger partial charge on any atom is -0.279 e. The number of hydrogen-bond acceptors (Lipinski definition) is 7. The number of aryl methyl sites for hydroxylation is 1. The Morgan fingerprint density at radius 1 is 1.35 bits per heavy atom. The lowest BCUT2D eigenvalue weighted by molar-refractivity contribution is -0.118. The van der Waals surface area contributed by atoms with Gasteiger partial charge in [0.1, 0.15) is 5.01 Å². The van der Waals surface area contributed by atoms with Gasteiger partial charge in [0.15, 0.2) is 0 Å². The van der Waals surface area contributed by atoms with Gasteiger partial charge >= 0.3 is 0 Å². The minimum absolute atomic E-state index is 0.0382. The van der Waals surface area contributed by atoms with E-state index >= 15 is 0 Å². The number of aromatic nitrogens is 6. The van der Waals surface area contributed by atoms with Crippen LogP contribution in [0.3, 0.4) is 0 Å². The molecular weight excluding hydrogens is 314 g/mol. The summed E-state index contributed by atoms with van der Waals surface area (Å²) >= 11 is 1.51. The number of carbonyl (C=O) groups is 1. The van der Waals surface area contributed by atoms with E-state index < -0.39 is 0 Å². The van der Waals surface area contributed by atoms with Gasteiger partial charge in [-0.25, -0.2) is 9.67 Å². The molecule has 116 valence electrons. The van der Waals surface area contributed by atoms with Crippen LogP contribution in [0.2, 0.25) is 0 Å². The largest absolute Gasteiger partial charge is 0.279 e. The number of hydrogen-bond donors (Lipinski definition) is 0. The number of fused-ring (bicyclic) bond motifs is 1. The zero-order chi connectivity index (χ0) is 15.6. The predicted octanol–water partition coefficient (Wildman–Crippen LogP) is 1.17. The molecule has 0 unspecified atom stereocenters. The number of rotatable bonds is 3. The third kappa shape index (κ3) is 2.70. The lowest BCUT2D eigenvalue weighted by Crippen LogP contribution is -2.39. The quantitative estimate of drug-likeness (QED) is 0.717. The van der Waals surface area contributed by atoms with E-state index in [1.807, 2.05) is 17.5 Å². The van der Waals surface area contributed by atoms with Crippen molar-refractivity contribution in [3.05, 3.63) is 35.6 Å². The van der Waals surface area contributed by atoms with Crippen LogP contribution in [-0.4, -0.2) is 42.6 Å². The standard InChI is InChI=1S/C14H13N7OS/c22-12(20-5-2-6-21-14(20)17-18-19-21)7-11-9-23-13(16-11)10-3-1-4-15-8-10/h1,3-4,8-9H,2,5-7H2. The van der Waals surface area contributed by atoms with E-state index in [1.54, 1.807) is 22.0 Å². The van der Waals surface area contributed by atoms with Gasteiger partial charge in [-0.3, -0.25) is 14.7 Å². The van der Waals surface area contributed by atoms with Gasteiger partial charge in [-0.2, -0.15) is 0 Å². The van der Waals surface area contributed by atoms with Crippen molar-refractivity contribution < 1.29 is 4.79 Å². The smallest absolute Gasteiger partial charge is 0.252 e. The summed E-state index contributed by atoms with van der Waals surface area (Å²) < 4.78 is 1.66. The first-order valence-electron chi connectivity index (χ1n) is 7.22. The summed E-state index contributed by atoms with van der Waals surface area (Å²) in [5.74, 6) is 0.479. The first-order valence-corrected chi connectivity index (χ1v) is 8.10. The Balaban J connectivity index is 1.51. The van der Waals surface area contributed by atoms with Gasteiger partial charge in [0.2, 0.25) is 5.91 Å². The summed E-state index contributed by atoms with van der Waals surface area (Å²) in [6.45, 7) is 1.38. The number of anilines is 1. The summed E-state index contributed by atoms with van der Waals surface area (Å²) in [5.41, 5.74) is 1.71. The molecule has 0 saturated heterocycles. The molecule has 3 aromatic rings. The van der Waals surface area contributed by atoms with Crippen LogP contribution in [0.15, 0.2) is 29.9 Å². The first kappa shape index (κ1) is 13.9. The van der Waals surface area contributed by atoms with Crippen molar-refractivity contribution in [2.45, 2.75) is 19.4 Å². The maximum Gasteiger partial charge on any atom is 0.252 e. The Hall–Kier alpha value is -2.68. The molecule has 0 spiro atoms. The number of tetrazole rings is 1. The summed E-state index contributed by atoms with van der Waals surface area (Å²) in [6.07, 6.45) is 4.58. The van der Waals surface area contributed by atoms with E-state index in [9.17, 15) is 4.79 Å². The van der Waals surface area contributed by atoms with Gasteiger partial charge in [0, 0.05) is 36.4 Å². The molecule has 0 aliphatic carbocycles. The van der Waals surface area contributed by atoms with Crippen molar-refractivity contribution >= 4 is 23.2 Å². The summed E-state index contributed by atoms with van der Waals surface area (Å²) in [4.78, 5) is 22.8. The lowest BCUT2D eigenvalue weighted by Gasteiger charge is -2.24. The van der Waals surface area contributed by atoms with Gasteiger partial charge in [-0.15, -0.1) is 11.3 Å². The van der Waals surface area contributed by atoms with Crippen LogP contribution < -0.4 is 4.90 Å². The number of thiazole rings is 1. The molecule has 3 aromatic heterocycles. The van der Waals surface area contributed by atoms with Gasteiger partial charge < -0.3 is 0 Å². The zero-order valence-electron chi connectivity index (χ0n) is 12.2. The monoisotopic (exact) mass is 327 g/mol. The average molecular weight is 327 g/mol. The fourth-order valence-electron chi connectivity index (χ4n) is 2.51. The van der Waals surface area contributed by atoms with E-state index in [0.717, 1.165) is 29.2 Å². The van der Waals surface area contributed by atoms with E-state index in [2.05, 4.69) is 25.5 Å². The van der Waals surface area contributed by atoms with E-state index in [0.29, 0.717) is 12.5 Å². The highest BCUT2D eigenvalue weighted by atomic mass is 32.1. The van der Waals surface area contributed by atoms with Crippen LogP contribution in [0.5, 0.6) is 0 Å². The first-order chi connectivity index (χ1) is 11.3. The topological polar surface area (TPSA) is 89.7 Å². The molecule has 23 heavy (non-hydrogen) atoms. The van der Waals surface area contributed by atoms with E-state index in [1.165, 1.54) is 11.3 Å². The van der Waals surface area contributed by atoms with Crippen molar-refractivity contribution in [3.63, 3.8) is 0 Å². The van der Waals surface area contributed by atoms with Crippen LogP contribution in [0, 0.1) is 0 Å². The molecule has 1 aliphatic heterocycles. The molecule has 8 nitrogen and oxygen atoms in total. The molecule has 0 radical (unpaired) electrons. The molecular formula is C14H13N7OS. The summed E-state index contributed by atoms with van der Waals surface area (Å²) in [6, 6.07) is 3.82. The Bertz CT molecular complexity index is 829. The fraction of sp³-hybridized carbons (Fsp3) is 0.286. The van der Waals surface area contributed by atoms with Crippen LogP contribution >= 0.6 is 11.3 Å². The Morgan fingerprint density at radius 3 is 3.17 bits per heavy atom. The van der Waals surface area contributed by atoms with Gasteiger partial charge in [-0.05, 0) is 29.0 Å². The fourth-order valence-corrected chi connectivity index (χ4v) is 3.32. The second kappa shape index (κ2) is 5.84. The average Bonchev–Trinajstić information content (AvgIpc) is 3.24. The molecule has 0 atom stereocenters. The third-order valence-electron chi connectivity index (χ3n) is 3.60. The third-order valence-corrected chi connectivity index (χ3v) is 4.54. The van der Waals surface area contributed by atoms with Crippen molar-refractivity contribution in [1.29, 1.82) is 0 Å². The van der Waals surface area contributed by atoms with Gasteiger partial charge in [0.25, 0.3) is 5.95 Å². The molecule has 0 bridgehead atoms. The molecule has 4 heterocycles. The van der Waals surface area contributed by atoms with Crippen molar-refractivity contribution in [2.75, 3.05) is 11.4 Å². The molecule has 1 aliphatic rings. The van der Waals surface area contributed by atoms with Crippen LogP contribution in [0.1, 0.15) is 12.1 Å². The van der Waals surface area contributed by atoms with Crippen molar-refractivity contribution in [2.24, 2.45) is 0 Å². The molecule has 1 amide bonds. The Labute approximate surface area is 135 Å². The molecule has 9 heteroatoms. The van der Waals surface area contributed by atoms with Crippen LogP contribution in [0.25, 0.3) is 10.6 Å². The normalized spacial score (nSPS) is 13.8. The highest BCUT2D eigenvalue weighted by molar-refractivity contribution is 7.13. The lowest BCUT2D eigenvalue weighted by atomic mass is 10.2. The summed E-state index contributed by atoms with van der Waals surface area (Å²) in [5, 5.41) is 14.2. The van der Waals surface area contributed by atoms with Gasteiger partial charge in [-0.1, -0.05) is 5.10 Å². The highest BCUT2D eigenvalue weighted by Crippen LogP contribution is 2.24. The highest BCUT2D eigenvalue weighted by Gasteiger charge is 2.26. The van der Waals surface area contributed by atoms with Gasteiger partial charge in [0.05, 0.1) is 12.1 Å². The Morgan fingerprint density at radius 2 is 2.30 bits per heavy atom. The number of amides is 1. The van der Waals surface area contributed by atoms with Crippen molar-refractivity contribution in [1.82, 2.24) is 30.2 Å². The second-order valence-electron chi connectivity index (χ2n) is 5.16. The van der Waals surface area contributed by atoms with Crippen molar-refractivity contribution in [3.8, 4) is 10.6 Å². The maximum absolute atomic E-state index is 12.5. The number of carbonyl (C=O) groups excluding carboxylic acids is 1. The molecule has 0 fully saturated rings. The molecule has 4 rings (SSSR count). The number of pyridine rings is 1. The molecule has 0 aromatic carbocycles. The minimum atomic E-state index is -0.0382. The van der Waals surface area contributed by atoms with E-state index in [4.69, 9.17) is 0 Å². The Kier molecular flexibility index (Phi) is 3.54. The molecule has 0 saturated carbocycles. The predicted molar refractivity (Wildman–Crippen MR) is 83.8 cm³/mol. The van der Waals surface area contributed by atoms with Crippen LogP contribution in [0.4, 0.5) is 5.95 Å². The number of nitrogens with zero attached hydrogens (tertiary/aromatic N) is 7. The van der Waals surface area contributed by atoms with E-state index in [-0.39, 0.29) is 12.3 Å². The van der Waals surface area contributed by atoms with Crippen LogP contribution in [-0.2, 0) is 17.8 Å². The zero-order valence-corrected chi connectivity index (χ0v) is 13.0. The SMILES string of the molecule is O=C(Cc1csc(-c2cccnc2)n1)N1CCCn2nnnc21. The maximum atomic E-state index is 12.5. The summed E-state index contributed by atoms with van der Waals surface area (Å²) in [7, 11) is 0. The second-order valence-corrected chi connectivity index (χ2v) is 6.02.